The van der Waals surface area contributed by atoms with Crippen LogP contribution >= 0.6 is 11.6 Å². The normalized spacial score (nSPS) is 18.2. The number of halogens is 1. The zero-order chi connectivity index (χ0) is 14.3. The molecule has 4 heteroatoms. The molecule has 3 rings (SSSR count). The first-order valence-electron chi connectivity index (χ1n) is 7.30. The van der Waals surface area contributed by atoms with Crippen LogP contribution < -0.4 is 4.74 Å². The molecule has 1 heterocycles. The van der Waals surface area contributed by atoms with E-state index in [1.807, 2.05) is 19.1 Å². The summed E-state index contributed by atoms with van der Waals surface area (Å²) < 4.78 is 7.65. The number of rotatable bonds is 5. The van der Waals surface area contributed by atoms with Crippen molar-refractivity contribution in [2.24, 2.45) is 5.92 Å². The van der Waals surface area contributed by atoms with Crippen LogP contribution in [-0.2, 0) is 0 Å². The summed E-state index contributed by atoms with van der Waals surface area (Å²) in [5.41, 5.74) is 2.12. The van der Waals surface area contributed by atoms with Crippen molar-refractivity contribution < 1.29 is 4.74 Å². The number of hydrogen-bond donors (Lipinski definition) is 0. The lowest BCUT2D eigenvalue weighted by atomic mass is 10.1. The van der Waals surface area contributed by atoms with Gasteiger partial charge in [0.2, 0.25) is 0 Å². The summed E-state index contributed by atoms with van der Waals surface area (Å²) in [4.78, 5) is 4.71. The van der Waals surface area contributed by atoms with Gasteiger partial charge in [0.05, 0.1) is 23.5 Å². The first-order valence-corrected chi connectivity index (χ1v) is 7.73. The Bertz CT molecular complexity index is 616. The molecule has 1 aromatic heterocycles. The number of alkyl halides is 1. The van der Waals surface area contributed by atoms with E-state index in [9.17, 15) is 0 Å². The second kappa shape index (κ2) is 5.28. The minimum atomic E-state index is -0.0879. The Labute approximate surface area is 124 Å². The highest BCUT2D eigenvalue weighted by Gasteiger charge is 2.27. The lowest BCUT2D eigenvalue weighted by Crippen LogP contribution is -2.10. The summed E-state index contributed by atoms with van der Waals surface area (Å²) in [6.45, 7) is 4.25. The number of ether oxygens (including phenoxy) is 1. The Morgan fingerprint density at radius 3 is 2.75 bits per heavy atom. The van der Waals surface area contributed by atoms with Crippen LogP contribution in [0.3, 0.4) is 0 Å². The van der Waals surface area contributed by atoms with E-state index >= 15 is 0 Å². The van der Waals surface area contributed by atoms with Crippen molar-refractivity contribution >= 4 is 22.6 Å². The second-order valence-electron chi connectivity index (χ2n) is 5.84. The maximum atomic E-state index is 6.34. The van der Waals surface area contributed by atoms with Gasteiger partial charge < -0.3 is 9.30 Å². The third-order valence-electron chi connectivity index (χ3n) is 4.09. The largest absolute Gasteiger partial charge is 0.497 e. The van der Waals surface area contributed by atoms with E-state index in [2.05, 4.69) is 17.6 Å². The molecule has 0 saturated heterocycles. The fourth-order valence-electron chi connectivity index (χ4n) is 2.90. The minimum Gasteiger partial charge on any atom is -0.497 e. The lowest BCUT2D eigenvalue weighted by molar-refractivity contribution is 0.414. The maximum absolute atomic E-state index is 6.34. The van der Waals surface area contributed by atoms with Gasteiger partial charge in [0.1, 0.15) is 11.6 Å². The summed E-state index contributed by atoms with van der Waals surface area (Å²) >= 11 is 6.34. The van der Waals surface area contributed by atoms with Gasteiger partial charge in [0.25, 0.3) is 0 Å². The highest BCUT2D eigenvalue weighted by Crippen LogP contribution is 2.39. The SMILES string of the molecule is COc1ccc2nc(C(C)Cl)n(C(C)CC3CC3)c2c1. The van der Waals surface area contributed by atoms with E-state index in [1.54, 1.807) is 7.11 Å². The molecule has 1 aliphatic carbocycles. The highest BCUT2D eigenvalue weighted by molar-refractivity contribution is 6.20. The van der Waals surface area contributed by atoms with Crippen molar-refractivity contribution in [3.8, 4) is 5.75 Å². The summed E-state index contributed by atoms with van der Waals surface area (Å²) in [6, 6.07) is 6.45. The molecule has 0 amide bonds. The monoisotopic (exact) mass is 292 g/mol. The Kier molecular flexibility index (Phi) is 3.63. The molecule has 3 nitrogen and oxygen atoms in total. The quantitative estimate of drug-likeness (QED) is 0.747. The van der Waals surface area contributed by atoms with Crippen molar-refractivity contribution in [1.82, 2.24) is 9.55 Å². The van der Waals surface area contributed by atoms with Crippen molar-refractivity contribution in [3.63, 3.8) is 0 Å². The fourth-order valence-corrected chi connectivity index (χ4v) is 3.06. The molecule has 0 aliphatic heterocycles. The predicted molar refractivity (Wildman–Crippen MR) is 82.6 cm³/mol. The second-order valence-corrected chi connectivity index (χ2v) is 6.49. The van der Waals surface area contributed by atoms with Gasteiger partial charge in [-0.1, -0.05) is 12.8 Å². The maximum Gasteiger partial charge on any atom is 0.127 e. The zero-order valence-electron chi connectivity index (χ0n) is 12.3. The van der Waals surface area contributed by atoms with Gasteiger partial charge in [-0.05, 0) is 38.3 Å². The van der Waals surface area contributed by atoms with Crippen LogP contribution in [0.15, 0.2) is 18.2 Å². The summed E-state index contributed by atoms with van der Waals surface area (Å²) in [5, 5.41) is -0.0879. The van der Waals surface area contributed by atoms with Crippen LogP contribution in [0, 0.1) is 5.92 Å². The van der Waals surface area contributed by atoms with E-state index < -0.39 is 0 Å². The summed E-state index contributed by atoms with van der Waals surface area (Å²) in [5.74, 6) is 2.71. The molecule has 0 radical (unpaired) electrons. The van der Waals surface area contributed by atoms with Crippen molar-refractivity contribution in [3.05, 3.63) is 24.0 Å². The van der Waals surface area contributed by atoms with E-state index in [4.69, 9.17) is 21.3 Å². The molecule has 2 unspecified atom stereocenters. The number of hydrogen-bond acceptors (Lipinski definition) is 2. The van der Waals surface area contributed by atoms with Crippen molar-refractivity contribution in [1.29, 1.82) is 0 Å². The van der Waals surface area contributed by atoms with Gasteiger partial charge in [0.15, 0.2) is 0 Å². The number of fused-ring (bicyclic) bond motifs is 1. The zero-order valence-corrected chi connectivity index (χ0v) is 13.0. The molecule has 0 bridgehead atoms. The average Bonchev–Trinajstić information content (AvgIpc) is 3.15. The van der Waals surface area contributed by atoms with Crippen LogP contribution in [0.2, 0.25) is 0 Å². The molecule has 2 atom stereocenters. The number of aromatic nitrogens is 2. The van der Waals surface area contributed by atoms with Gasteiger partial charge in [-0.2, -0.15) is 0 Å². The van der Waals surface area contributed by atoms with E-state index in [-0.39, 0.29) is 5.38 Å². The van der Waals surface area contributed by atoms with Gasteiger partial charge in [-0.25, -0.2) is 4.98 Å². The predicted octanol–water partition coefficient (Wildman–Crippen LogP) is 4.71. The molecule has 1 fully saturated rings. The molecule has 1 saturated carbocycles. The van der Waals surface area contributed by atoms with Crippen LogP contribution in [0.1, 0.15) is 50.4 Å². The third-order valence-corrected chi connectivity index (χ3v) is 4.29. The first kappa shape index (κ1) is 13.7. The number of methoxy groups -OCH3 is 1. The Balaban J connectivity index is 2.10. The summed E-state index contributed by atoms with van der Waals surface area (Å²) in [6.07, 6.45) is 3.94. The molecule has 2 aromatic rings. The Morgan fingerprint density at radius 2 is 2.15 bits per heavy atom. The smallest absolute Gasteiger partial charge is 0.127 e. The highest BCUT2D eigenvalue weighted by atomic mass is 35.5. The van der Waals surface area contributed by atoms with Crippen LogP contribution in [0.4, 0.5) is 0 Å². The Hall–Kier alpha value is -1.22. The van der Waals surface area contributed by atoms with E-state index in [0.717, 1.165) is 28.5 Å². The minimum absolute atomic E-state index is 0.0879. The molecule has 20 heavy (non-hydrogen) atoms. The number of imidazole rings is 1. The van der Waals surface area contributed by atoms with Crippen LogP contribution in [0.5, 0.6) is 5.75 Å². The molecule has 0 spiro atoms. The third kappa shape index (κ3) is 2.51. The number of nitrogens with zero attached hydrogens (tertiary/aromatic N) is 2. The van der Waals surface area contributed by atoms with Gasteiger partial charge >= 0.3 is 0 Å². The lowest BCUT2D eigenvalue weighted by Gasteiger charge is -2.18. The molecular formula is C16H21ClN2O. The molecule has 1 aliphatic rings. The molecular weight excluding hydrogens is 272 g/mol. The fraction of sp³-hybridized carbons (Fsp3) is 0.562. The standard InChI is InChI=1S/C16H21ClN2O/c1-10(8-12-4-5-12)19-15-9-13(20-3)6-7-14(15)18-16(19)11(2)17/h6-7,9-12H,4-5,8H2,1-3H3. The van der Waals surface area contributed by atoms with Crippen LogP contribution in [-0.4, -0.2) is 16.7 Å². The summed E-state index contributed by atoms with van der Waals surface area (Å²) in [7, 11) is 1.70. The average molecular weight is 293 g/mol. The van der Waals surface area contributed by atoms with Crippen molar-refractivity contribution in [2.75, 3.05) is 7.11 Å². The Morgan fingerprint density at radius 1 is 1.40 bits per heavy atom. The van der Waals surface area contributed by atoms with Gasteiger partial charge in [-0.15, -0.1) is 11.6 Å². The molecule has 1 aromatic carbocycles. The van der Waals surface area contributed by atoms with E-state index in [1.165, 1.54) is 19.3 Å². The van der Waals surface area contributed by atoms with Crippen LogP contribution in [0.25, 0.3) is 11.0 Å². The van der Waals surface area contributed by atoms with Crippen molar-refractivity contribution in [2.45, 2.75) is 44.5 Å². The van der Waals surface area contributed by atoms with Gasteiger partial charge in [0, 0.05) is 12.1 Å². The first-order chi connectivity index (χ1) is 9.60. The van der Waals surface area contributed by atoms with E-state index in [0.29, 0.717) is 6.04 Å². The van der Waals surface area contributed by atoms with Gasteiger partial charge in [-0.3, -0.25) is 0 Å². The number of benzene rings is 1. The molecule has 0 N–H and O–H groups in total. The molecule has 108 valence electrons. The topological polar surface area (TPSA) is 27.1 Å².